The summed E-state index contributed by atoms with van der Waals surface area (Å²) in [6, 6.07) is 0. The SMILES string of the molecule is O=C(COC1CC/C=C/CCC1)NCCO. The van der Waals surface area contributed by atoms with Gasteiger partial charge in [-0.25, -0.2) is 0 Å². The van der Waals surface area contributed by atoms with E-state index in [1.54, 1.807) is 0 Å². The van der Waals surface area contributed by atoms with Gasteiger partial charge < -0.3 is 15.2 Å². The zero-order chi connectivity index (χ0) is 11.6. The minimum absolute atomic E-state index is 0.0278. The second-order valence-corrected chi connectivity index (χ2v) is 3.99. The van der Waals surface area contributed by atoms with Crippen LogP contribution < -0.4 is 5.32 Å². The highest BCUT2D eigenvalue weighted by atomic mass is 16.5. The Kier molecular flexibility index (Phi) is 6.85. The molecule has 0 spiro atoms. The zero-order valence-electron chi connectivity index (χ0n) is 9.65. The summed E-state index contributed by atoms with van der Waals surface area (Å²) in [4.78, 5) is 11.2. The number of hydrogen-bond donors (Lipinski definition) is 2. The van der Waals surface area contributed by atoms with Crippen molar-refractivity contribution in [3.8, 4) is 0 Å². The molecule has 0 aromatic rings. The van der Waals surface area contributed by atoms with Crippen LogP contribution in [0.15, 0.2) is 12.2 Å². The van der Waals surface area contributed by atoms with Crippen LogP contribution in [0.25, 0.3) is 0 Å². The Bertz CT molecular complexity index is 228. The van der Waals surface area contributed by atoms with E-state index in [-0.39, 0.29) is 25.2 Å². The molecule has 0 aromatic heterocycles. The first-order valence-corrected chi connectivity index (χ1v) is 5.97. The Balaban J connectivity index is 2.15. The van der Waals surface area contributed by atoms with Crippen molar-refractivity contribution in [3.05, 3.63) is 12.2 Å². The summed E-state index contributed by atoms with van der Waals surface area (Å²) in [5.74, 6) is -0.147. The van der Waals surface area contributed by atoms with Crippen LogP contribution in [0.2, 0.25) is 0 Å². The van der Waals surface area contributed by atoms with Crippen molar-refractivity contribution in [2.45, 2.75) is 38.2 Å². The van der Waals surface area contributed by atoms with Gasteiger partial charge in [0.05, 0.1) is 12.7 Å². The second-order valence-electron chi connectivity index (χ2n) is 3.99. The summed E-state index contributed by atoms with van der Waals surface area (Å²) in [5, 5.41) is 11.1. The highest BCUT2D eigenvalue weighted by Crippen LogP contribution is 2.15. The molecule has 0 saturated heterocycles. The van der Waals surface area contributed by atoms with Crippen molar-refractivity contribution >= 4 is 5.91 Å². The van der Waals surface area contributed by atoms with Crippen molar-refractivity contribution in [1.29, 1.82) is 0 Å². The van der Waals surface area contributed by atoms with Crippen LogP contribution in [0, 0.1) is 0 Å². The number of rotatable bonds is 5. The molecule has 92 valence electrons. The van der Waals surface area contributed by atoms with Gasteiger partial charge in [-0.1, -0.05) is 12.2 Å². The smallest absolute Gasteiger partial charge is 0.246 e. The zero-order valence-corrected chi connectivity index (χ0v) is 9.65. The average molecular weight is 227 g/mol. The van der Waals surface area contributed by atoms with Crippen LogP contribution in [-0.4, -0.2) is 36.9 Å². The van der Waals surface area contributed by atoms with E-state index in [2.05, 4.69) is 17.5 Å². The van der Waals surface area contributed by atoms with Gasteiger partial charge in [-0.2, -0.15) is 0 Å². The largest absolute Gasteiger partial charge is 0.395 e. The molecule has 1 aliphatic rings. The highest BCUT2D eigenvalue weighted by molar-refractivity contribution is 5.77. The van der Waals surface area contributed by atoms with E-state index in [1.807, 2.05) is 0 Å². The molecule has 0 fully saturated rings. The molecular formula is C12H21NO3. The number of hydrogen-bond acceptors (Lipinski definition) is 3. The Morgan fingerprint density at radius 3 is 3.00 bits per heavy atom. The maximum Gasteiger partial charge on any atom is 0.246 e. The van der Waals surface area contributed by atoms with E-state index >= 15 is 0 Å². The van der Waals surface area contributed by atoms with Gasteiger partial charge in [-0.15, -0.1) is 0 Å². The molecule has 1 amide bonds. The van der Waals surface area contributed by atoms with Crippen LogP contribution in [0.5, 0.6) is 0 Å². The molecule has 0 saturated carbocycles. The van der Waals surface area contributed by atoms with Gasteiger partial charge in [0.25, 0.3) is 0 Å². The molecule has 0 aliphatic heterocycles. The summed E-state index contributed by atoms with van der Waals surface area (Å²) in [7, 11) is 0. The molecule has 4 nitrogen and oxygen atoms in total. The first-order valence-electron chi connectivity index (χ1n) is 5.97. The quantitative estimate of drug-likeness (QED) is 0.689. The summed E-state index contributed by atoms with van der Waals surface area (Å²) in [5.41, 5.74) is 0. The number of aliphatic hydroxyl groups is 1. The molecule has 1 atom stereocenters. The van der Waals surface area contributed by atoms with E-state index in [0.29, 0.717) is 6.54 Å². The molecule has 2 N–H and O–H groups in total. The fourth-order valence-electron chi connectivity index (χ4n) is 1.73. The molecule has 16 heavy (non-hydrogen) atoms. The predicted molar refractivity (Wildman–Crippen MR) is 62.1 cm³/mol. The third-order valence-corrected chi connectivity index (χ3v) is 2.60. The van der Waals surface area contributed by atoms with E-state index in [0.717, 1.165) is 32.1 Å². The predicted octanol–water partition coefficient (Wildman–Crippen LogP) is 1.00. The normalized spacial score (nSPS) is 23.2. The van der Waals surface area contributed by atoms with E-state index in [4.69, 9.17) is 9.84 Å². The van der Waals surface area contributed by atoms with E-state index in [1.165, 1.54) is 0 Å². The van der Waals surface area contributed by atoms with Gasteiger partial charge in [-0.05, 0) is 32.1 Å². The van der Waals surface area contributed by atoms with Crippen molar-refractivity contribution in [2.75, 3.05) is 19.8 Å². The number of allylic oxidation sites excluding steroid dienone is 2. The molecule has 0 heterocycles. The molecule has 1 rings (SSSR count). The fraction of sp³-hybridized carbons (Fsp3) is 0.750. The minimum atomic E-state index is -0.147. The lowest BCUT2D eigenvalue weighted by Gasteiger charge is -2.18. The first-order chi connectivity index (χ1) is 7.83. The minimum Gasteiger partial charge on any atom is -0.395 e. The van der Waals surface area contributed by atoms with Crippen molar-refractivity contribution in [2.24, 2.45) is 0 Å². The van der Waals surface area contributed by atoms with Crippen LogP contribution in [0.4, 0.5) is 0 Å². The molecular weight excluding hydrogens is 206 g/mol. The van der Waals surface area contributed by atoms with Gasteiger partial charge in [-0.3, -0.25) is 4.79 Å². The Labute approximate surface area is 96.7 Å². The van der Waals surface area contributed by atoms with Crippen LogP contribution in [-0.2, 0) is 9.53 Å². The molecule has 0 aromatic carbocycles. The first kappa shape index (κ1) is 13.2. The Hall–Kier alpha value is -0.870. The monoisotopic (exact) mass is 227 g/mol. The molecule has 1 aliphatic carbocycles. The summed E-state index contributed by atoms with van der Waals surface area (Å²) in [6.07, 6.45) is 9.87. The van der Waals surface area contributed by atoms with E-state index in [9.17, 15) is 4.79 Å². The fourth-order valence-corrected chi connectivity index (χ4v) is 1.73. The number of carbonyl (C=O) groups is 1. The van der Waals surface area contributed by atoms with Crippen LogP contribution >= 0.6 is 0 Å². The molecule has 0 bridgehead atoms. The summed E-state index contributed by atoms with van der Waals surface area (Å²) < 4.78 is 5.55. The Morgan fingerprint density at radius 2 is 2.19 bits per heavy atom. The summed E-state index contributed by atoms with van der Waals surface area (Å²) in [6.45, 7) is 0.379. The summed E-state index contributed by atoms with van der Waals surface area (Å²) >= 11 is 0. The third-order valence-electron chi connectivity index (χ3n) is 2.60. The topological polar surface area (TPSA) is 58.6 Å². The number of ether oxygens (including phenoxy) is 1. The van der Waals surface area contributed by atoms with Crippen LogP contribution in [0.3, 0.4) is 0 Å². The number of nitrogens with one attached hydrogen (secondary N) is 1. The second kappa shape index (κ2) is 8.30. The van der Waals surface area contributed by atoms with Crippen molar-refractivity contribution in [1.82, 2.24) is 5.32 Å². The lowest BCUT2D eigenvalue weighted by Crippen LogP contribution is -2.31. The number of amides is 1. The van der Waals surface area contributed by atoms with Gasteiger partial charge in [0.15, 0.2) is 0 Å². The molecule has 0 radical (unpaired) electrons. The standard InChI is InChI=1S/C12H21NO3/c14-9-8-13-12(15)10-16-11-6-4-2-1-3-5-7-11/h1-2,11,14H,3-10H2,(H,13,15)/b2-1+. The van der Waals surface area contributed by atoms with Gasteiger partial charge in [0.1, 0.15) is 6.61 Å². The Morgan fingerprint density at radius 1 is 1.38 bits per heavy atom. The molecule has 1 unspecified atom stereocenters. The van der Waals surface area contributed by atoms with Crippen LogP contribution in [0.1, 0.15) is 32.1 Å². The lowest BCUT2D eigenvalue weighted by molar-refractivity contribution is -0.128. The number of carbonyl (C=O) groups excluding carboxylic acids is 1. The van der Waals surface area contributed by atoms with Gasteiger partial charge in [0, 0.05) is 6.54 Å². The van der Waals surface area contributed by atoms with Gasteiger partial charge in [0.2, 0.25) is 5.91 Å². The number of aliphatic hydroxyl groups excluding tert-OH is 1. The maximum absolute atomic E-state index is 11.2. The molecule has 4 heteroatoms. The van der Waals surface area contributed by atoms with Crippen molar-refractivity contribution in [3.63, 3.8) is 0 Å². The third kappa shape index (κ3) is 5.88. The van der Waals surface area contributed by atoms with Gasteiger partial charge >= 0.3 is 0 Å². The lowest BCUT2D eigenvalue weighted by atomic mass is 10.0. The average Bonchev–Trinajstić information content (AvgIpc) is 2.25. The van der Waals surface area contributed by atoms with Crippen molar-refractivity contribution < 1.29 is 14.6 Å². The maximum atomic E-state index is 11.2. The van der Waals surface area contributed by atoms with E-state index < -0.39 is 0 Å². The highest BCUT2D eigenvalue weighted by Gasteiger charge is 2.11.